The molecule has 0 bridgehead atoms. The Bertz CT molecular complexity index is 580. The molecule has 1 aliphatic rings. The molecule has 0 atom stereocenters. The zero-order valence-electron chi connectivity index (χ0n) is 14.0. The molecule has 24 heavy (non-hydrogen) atoms. The Balaban J connectivity index is 1.95. The van der Waals surface area contributed by atoms with Crippen LogP contribution in [0.3, 0.4) is 0 Å². The van der Waals surface area contributed by atoms with Crippen LogP contribution in [0.4, 0.5) is 0 Å². The highest BCUT2D eigenvalue weighted by Crippen LogP contribution is 2.20. The second kappa shape index (κ2) is 8.47. The van der Waals surface area contributed by atoms with Gasteiger partial charge in [-0.15, -0.1) is 0 Å². The van der Waals surface area contributed by atoms with Crippen LogP contribution >= 0.6 is 0 Å². The van der Waals surface area contributed by atoms with Crippen molar-refractivity contribution < 1.29 is 19.5 Å². The fraction of sp³-hybridized carbons (Fsp3) is 0.500. The van der Waals surface area contributed by atoms with E-state index in [0.29, 0.717) is 38.9 Å². The average Bonchev–Trinajstić information content (AvgIpc) is 2.58. The molecule has 1 aliphatic heterocycles. The Kier molecular flexibility index (Phi) is 6.35. The Morgan fingerprint density at radius 1 is 1.17 bits per heavy atom. The summed E-state index contributed by atoms with van der Waals surface area (Å²) in [6.07, 6.45) is 1.83. The molecule has 1 saturated heterocycles. The second-order valence-electron chi connectivity index (χ2n) is 6.17. The third-order valence-electron chi connectivity index (χ3n) is 4.44. The number of carbonyl (C=O) groups is 3. The van der Waals surface area contributed by atoms with Gasteiger partial charge in [0.25, 0.3) is 0 Å². The van der Waals surface area contributed by atoms with Crippen molar-refractivity contribution in [1.82, 2.24) is 9.80 Å². The lowest BCUT2D eigenvalue weighted by atomic mass is 9.95. The zero-order valence-corrected chi connectivity index (χ0v) is 14.0. The molecule has 0 unspecified atom stereocenters. The lowest BCUT2D eigenvalue weighted by Gasteiger charge is -2.33. The number of carboxylic acid groups (broad SMARTS) is 1. The Morgan fingerprint density at radius 2 is 1.79 bits per heavy atom. The lowest BCUT2D eigenvalue weighted by Crippen LogP contribution is -2.45. The summed E-state index contributed by atoms with van der Waals surface area (Å²) in [5.41, 5.74) is 1.08. The van der Waals surface area contributed by atoms with Crippen LogP contribution in [-0.2, 0) is 20.8 Å². The molecular formula is C18H24N2O4. The van der Waals surface area contributed by atoms with Crippen molar-refractivity contribution in [2.45, 2.75) is 26.2 Å². The van der Waals surface area contributed by atoms with E-state index in [1.807, 2.05) is 30.3 Å². The summed E-state index contributed by atoms with van der Waals surface area (Å²) >= 11 is 0. The molecule has 6 heteroatoms. The van der Waals surface area contributed by atoms with Crippen LogP contribution in [0, 0.1) is 5.92 Å². The third-order valence-corrected chi connectivity index (χ3v) is 4.44. The van der Waals surface area contributed by atoms with Gasteiger partial charge in [0, 0.05) is 32.5 Å². The molecule has 0 spiro atoms. The van der Waals surface area contributed by atoms with Gasteiger partial charge in [0.05, 0.1) is 0 Å². The van der Waals surface area contributed by atoms with Gasteiger partial charge < -0.3 is 14.9 Å². The Labute approximate surface area is 142 Å². The van der Waals surface area contributed by atoms with E-state index < -0.39 is 5.97 Å². The summed E-state index contributed by atoms with van der Waals surface area (Å²) in [5, 5.41) is 9.10. The number of amides is 2. The maximum absolute atomic E-state index is 12.7. The number of nitrogens with zero attached hydrogens (tertiary/aromatic N) is 2. The van der Waals surface area contributed by atoms with Crippen molar-refractivity contribution in [2.24, 2.45) is 5.92 Å². The molecule has 0 aromatic heterocycles. The number of rotatable bonds is 6. The molecule has 2 amide bonds. The molecule has 0 saturated carbocycles. The monoisotopic (exact) mass is 332 g/mol. The SMILES string of the molecule is CC(=O)N1CCC(C(=O)N(CCc2ccccc2)CC(=O)O)CC1. The predicted molar refractivity (Wildman–Crippen MR) is 89.3 cm³/mol. The van der Waals surface area contributed by atoms with Crippen molar-refractivity contribution in [1.29, 1.82) is 0 Å². The normalized spacial score (nSPS) is 15.1. The molecule has 1 heterocycles. The minimum Gasteiger partial charge on any atom is -0.480 e. The summed E-state index contributed by atoms with van der Waals surface area (Å²) in [4.78, 5) is 38.3. The minimum absolute atomic E-state index is 0.0207. The van der Waals surface area contributed by atoms with Crippen molar-refractivity contribution in [3.05, 3.63) is 35.9 Å². The Morgan fingerprint density at radius 3 is 2.33 bits per heavy atom. The molecule has 1 aromatic carbocycles. The van der Waals surface area contributed by atoms with Crippen molar-refractivity contribution >= 4 is 17.8 Å². The van der Waals surface area contributed by atoms with E-state index in [9.17, 15) is 14.4 Å². The van der Waals surface area contributed by atoms with Crippen LogP contribution in [0.2, 0.25) is 0 Å². The summed E-state index contributed by atoms with van der Waals surface area (Å²) < 4.78 is 0. The van der Waals surface area contributed by atoms with E-state index in [2.05, 4.69) is 0 Å². The summed E-state index contributed by atoms with van der Waals surface area (Å²) in [5.74, 6) is -1.29. The van der Waals surface area contributed by atoms with Crippen LogP contribution < -0.4 is 0 Å². The molecule has 1 aromatic rings. The standard InChI is InChI=1S/C18H24N2O4/c1-14(21)19-11-8-16(9-12-19)18(24)20(13-17(22)23)10-7-15-5-3-2-4-6-15/h2-6,16H,7-13H2,1H3,(H,22,23). The van der Waals surface area contributed by atoms with Gasteiger partial charge in [-0.1, -0.05) is 30.3 Å². The van der Waals surface area contributed by atoms with Gasteiger partial charge in [-0.05, 0) is 24.8 Å². The second-order valence-corrected chi connectivity index (χ2v) is 6.17. The number of hydrogen-bond acceptors (Lipinski definition) is 3. The van der Waals surface area contributed by atoms with E-state index in [4.69, 9.17) is 5.11 Å². The zero-order chi connectivity index (χ0) is 17.5. The van der Waals surface area contributed by atoms with E-state index in [-0.39, 0.29) is 24.3 Å². The van der Waals surface area contributed by atoms with E-state index in [1.54, 1.807) is 4.90 Å². The van der Waals surface area contributed by atoms with Gasteiger partial charge in [-0.25, -0.2) is 0 Å². The maximum atomic E-state index is 12.7. The fourth-order valence-electron chi connectivity index (χ4n) is 3.04. The van der Waals surface area contributed by atoms with E-state index in [1.165, 1.54) is 11.8 Å². The maximum Gasteiger partial charge on any atom is 0.323 e. The van der Waals surface area contributed by atoms with E-state index >= 15 is 0 Å². The first-order valence-corrected chi connectivity index (χ1v) is 8.27. The number of carboxylic acids is 1. The van der Waals surface area contributed by atoms with E-state index in [0.717, 1.165) is 5.56 Å². The molecule has 2 rings (SSSR count). The number of aliphatic carboxylic acids is 1. The first-order chi connectivity index (χ1) is 11.5. The number of likely N-dealkylation sites (tertiary alicyclic amines) is 1. The highest BCUT2D eigenvalue weighted by Gasteiger charge is 2.30. The first-order valence-electron chi connectivity index (χ1n) is 8.27. The topological polar surface area (TPSA) is 77.9 Å². The number of benzene rings is 1. The van der Waals surface area contributed by atoms with Crippen LogP contribution in [0.25, 0.3) is 0 Å². The van der Waals surface area contributed by atoms with Gasteiger partial charge in [-0.2, -0.15) is 0 Å². The smallest absolute Gasteiger partial charge is 0.323 e. The summed E-state index contributed by atoms with van der Waals surface area (Å²) in [7, 11) is 0. The quantitative estimate of drug-likeness (QED) is 0.854. The third kappa shape index (κ3) is 5.08. The van der Waals surface area contributed by atoms with Gasteiger partial charge in [0.2, 0.25) is 11.8 Å². The highest BCUT2D eigenvalue weighted by molar-refractivity contribution is 5.83. The van der Waals surface area contributed by atoms with Gasteiger partial charge in [0.15, 0.2) is 0 Å². The van der Waals surface area contributed by atoms with Gasteiger partial charge in [0.1, 0.15) is 6.54 Å². The number of hydrogen-bond donors (Lipinski definition) is 1. The highest BCUT2D eigenvalue weighted by atomic mass is 16.4. The molecular weight excluding hydrogens is 308 g/mol. The Hall–Kier alpha value is -2.37. The summed E-state index contributed by atoms with van der Waals surface area (Å²) in [6.45, 7) is 2.76. The largest absolute Gasteiger partial charge is 0.480 e. The van der Waals surface area contributed by atoms with Crippen LogP contribution in [-0.4, -0.2) is 58.9 Å². The molecule has 0 radical (unpaired) electrons. The van der Waals surface area contributed by atoms with Crippen molar-refractivity contribution in [3.63, 3.8) is 0 Å². The average molecular weight is 332 g/mol. The van der Waals surface area contributed by atoms with Crippen LogP contribution in [0.15, 0.2) is 30.3 Å². The summed E-state index contributed by atoms with van der Waals surface area (Å²) in [6, 6.07) is 9.71. The molecule has 1 fully saturated rings. The lowest BCUT2D eigenvalue weighted by molar-refractivity contribution is -0.147. The first kappa shape index (κ1) is 18.0. The van der Waals surface area contributed by atoms with Gasteiger partial charge >= 0.3 is 5.97 Å². The molecule has 130 valence electrons. The van der Waals surface area contributed by atoms with Crippen LogP contribution in [0.5, 0.6) is 0 Å². The number of carbonyl (C=O) groups excluding carboxylic acids is 2. The van der Waals surface area contributed by atoms with Crippen molar-refractivity contribution in [2.75, 3.05) is 26.2 Å². The molecule has 0 aliphatic carbocycles. The van der Waals surface area contributed by atoms with Crippen LogP contribution in [0.1, 0.15) is 25.3 Å². The van der Waals surface area contributed by atoms with Gasteiger partial charge in [-0.3, -0.25) is 14.4 Å². The van der Waals surface area contributed by atoms with Crippen molar-refractivity contribution in [3.8, 4) is 0 Å². The fourth-order valence-corrected chi connectivity index (χ4v) is 3.04. The predicted octanol–water partition coefficient (Wildman–Crippen LogP) is 1.40. The minimum atomic E-state index is -1.00. The molecule has 1 N–H and O–H groups in total. The number of piperidine rings is 1. The molecule has 6 nitrogen and oxygen atoms in total.